The molecular weight excluding hydrogens is 232 g/mol. The van der Waals surface area contributed by atoms with E-state index in [-0.39, 0.29) is 18.6 Å². The van der Waals surface area contributed by atoms with Crippen LogP contribution in [0.3, 0.4) is 0 Å². The van der Waals surface area contributed by atoms with Crippen molar-refractivity contribution >= 4 is 5.91 Å². The van der Waals surface area contributed by atoms with Crippen molar-refractivity contribution in [2.75, 3.05) is 33.5 Å². The van der Waals surface area contributed by atoms with E-state index < -0.39 is 0 Å². The van der Waals surface area contributed by atoms with E-state index in [0.717, 1.165) is 5.56 Å². The van der Waals surface area contributed by atoms with E-state index >= 15 is 0 Å². The summed E-state index contributed by atoms with van der Waals surface area (Å²) in [6.07, 6.45) is 0. The van der Waals surface area contributed by atoms with Crippen LogP contribution in [-0.4, -0.2) is 39.4 Å². The molecule has 100 valence electrons. The molecule has 1 aromatic carbocycles. The van der Waals surface area contributed by atoms with Crippen LogP contribution in [0.1, 0.15) is 11.6 Å². The molecule has 1 unspecified atom stereocenters. The van der Waals surface area contributed by atoms with Crippen molar-refractivity contribution in [2.24, 2.45) is 5.73 Å². The van der Waals surface area contributed by atoms with Crippen molar-refractivity contribution in [3.05, 3.63) is 35.9 Å². The van der Waals surface area contributed by atoms with Crippen molar-refractivity contribution in [1.82, 2.24) is 5.32 Å². The molecule has 1 amide bonds. The van der Waals surface area contributed by atoms with Crippen LogP contribution < -0.4 is 11.1 Å². The zero-order chi connectivity index (χ0) is 13.2. The maximum Gasteiger partial charge on any atom is 0.246 e. The van der Waals surface area contributed by atoms with Gasteiger partial charge in [-0.15, -0.1) is 0 Å². The Morgan fingerprint density at radius 2 is 2.06 bits per heavy atom. The lowest BCUT2D eigenvalue weighted by atomic mass is 10.1. The van der Waals surface area contributed by atoms with E-state index in [9.17, 15) is 4.79 Å². The summed E-state index contributed by atoms with van der Waals surface area (Å²) in [5.41, 5.74) is 6.94. The smallest absolute Gasteiger partial charge is 0.246 e. The standard InChI is InChI=1S/C13H20N2O3/c1-17-7-8-18-10-13(16)15-9-12(14)11-5-3-2-4-6-11/h2-6,12H,7-10,14H2,1H3,(H,15,16). The number of hydrogen-bond acceptors (Lipinski definition) is 4. The molecule has 3 N–H and O–H groups in total. The molecule has 0 aliphatic rings. The number of nitrogens with one attached hydrogen (secondary N) is 1. The monoisotopic (exact) mass is 252 g/mol. The Balaban J connectivity index is 2.18. The summed E-state index contributed by atoms with van der Waals surface area (Å²) in [5.74, 6) is -0.169. The number of carbonyl (C=O) groups is 1. The second kappa shape index (κ2) is 8.63. The highest BCUT2D eigenvalue weighted by atomic mass is 16.5. The average Bonchev–Trinajstić information content (AvgIpc) is 2.42. The molecule has 5 nitrogen and oxygen atoms in total. The molecule has 0 fully saturated rings. The molecule has 0 spiro atoms. The topological polar surface area (TPSA) is 73.6 Å². The Kier molecular flexibility index (Phi) is 7.01. The SMILES string of the molecule is COCCOCC(=O)NCC(N)c1ccccc1. The Labute approximate surface area is 107 Å². The maximum absolute atomic E-state index is 11.4. The first-order valence-corrected chi connectivity index (χ1v) is 5.88. The van der Waals surface area contributed by atoms with Crippen LogP contribution in [0.4, 0.5) is 0 Å². The third-order valence-electron chi connectivity index (χ3n) is 2.41. The molecule has 1 rings (SSSR count). The number of hydrogen-bond donors (Lipinski definition) is 2. The fourth-order valence-electron chi connectivity index (χ4n) is 1.40. The number of methoxy groups -OCH3 is 1. The predicted octanol–water partition coefficient (Wildman–Crippen LogP) is 0.466. The highest BCUT2D eigenvalue weighted by molar-refractivity contribution is 5.77. The Morgan fingerprint density at radius 1 is 1.33 bits per heavy atom. The Hall–Kier alpha value is -1.43. The lowest BCUT2D eigenvalue weighted by molar-refractivity contribution is -0.126. The number of ether oxygens (including phenoxy) is 2. The average molecular weight is 252 g/mol. The molecule has 0 radical (unpaired) electrons. The Morgan fingerprint density at radius 3 is 2.72 bits per heavy atom. The van der Waals surface area contributed by atoms with Gasteiger partial charge in [-0.2, -0.15) is 0 Å². The molecule has 0 saturated heterocycles. The van der Waals surface area contributed by atoms with Gasteiger partial charge in [-0.3, -0.25) is 4.79 Å². The minimum Gasteiger partial charge on any atom is -0.382 e. The largest absolute Gasteiger partial charge is 0.382 e. The van der Waals surface area contributed by atoms with E-state index in [0.29, 0.717) is 19.8 Å². The van der Waals surface area contributed by atoms with Crippen LogP contribution >= 0.6 is 0 Å². The van der Waals surface area contributed by atoms with Gasteiger partial charge >= 0.3 is 0 Å². The van der Waals surface area contributed by atoms with Crippen LogP contribution in [-0.2, 0) is 14.3 Å². The fraction of sp³-hybridized carbons (Fsp3) is 0.462. The second-order valence-corrected chi connectivity index (χ2v) is 3.87. The minimum atomic E-state index is -0.200. The Bertz CT molecular complexity index is 343. The van der Waals surface area contributed by atoms with Gasteiger partial charge in [0.25, 0.3) is 0 Å². The van der Waals surface area contributed by atoms with E-state index in [1.807, 2.05) is 30.3 Å². The second-order valence-electron chi connectivity index (χ2n) is 3.87. The molecule has 0 aromatic heterocycles. The predicted molar refractivity (Wildman–Crippen MR) is 69.1 cm³/mol. The third kappa shape index (κ3) is 5.77. The van der Waals surface area contributed by atoms with Gasteiger partial charge in [0.05, 0.1) is 13.2 Å². The quantitative estimate of drug-likeness (QED) is 0.659. The van der Waals surface area contributed by atoms with Crippen LogP contribution in [0.2, 0.25) is 0 Å². The zero-order valence-electron chi connectivity index (χ0n) is 10.6. The minimum absolute atomic E-state index is 0.0326. The van der Waals surface area contributed by atoms with Gasteiger partial charge in [-0.05, 0) is 5.56 Å². The summed E-state index contributed by atoms with van der Waals surface area (Å²) in [6.45, 7) is 1.33. The molecule has 0 aliphatic heterocycles. The van der Waals surface area contributed by atoms with Crippen LogP contribution in [0.15, 0.2) is 30.3 Å². The summed E-state index contributed by atoms with van der Waals surface area (Å²) < 4.78 is 9.90. The van der Waals surface area contributed by atoms with Gasteiger partial charge in [-0.25, -0.2) is 0 Å². The van der Waals surface area contributed by atoms with Crippen LogP contribution in [0.25, 0.3) is 0 Å². The normalized spacial score (nSPS) is 12.1. The highest BCUT2D eigenvalue weighted by Gasteiger charge is 2.07. The van der Waals surface area contributed by atoms with Crippen molar-refractivity contribution in [3.8, 4) is 0 Å². The number of rotatable bonds is 8. The summed E-state index contributed by atoms with van der Waals surface area (Å²) >= 11 is 0. The lowest BCUT2D eigenvalue weighted by Crippen LogP contribution is -2.34. The van der Waals surface area contributed by atoms with E-state index in [1.54, 1.807) is 7.11 Å². The lowest BCUT2D eigenvalue weighted by Gasteiger charge is -2.13. The van der Waals surface area contributed by atoms with Crippen molar-refractivity contribution in [1.29, 1.82) is 0 Å². The van der Waals surface area contributed by atoms with Gasteiger partial charge in [0.15, 0.2) is 0 Å². The van der Waals surface area contributed by atoms with Gasteiger partial charge < -0.3 is 20.5 Å². The fourth-order valence-corrected chi connectivity index (χ4v) is 1.40. The highest BCUT2D eigenvalue weighted by Crippen LogP contribution is 2.07. The third-order valence-corrected chi connectivity index (χ3v) is 2.41. The number of amides is 1. The van der Waals surface area contributed by atoms with Crippen LogP contribution in [0, 0.1) is 0 Å². The van der Waals surface area contributed by atoms with Crippen molar-refractivity contribution < 1.29 is 14.3 Å². The van der Waals surface area contributed by atoms with E-state index in [4.69, 9.17) is 15.2 Å². The maximum atomic E-state index is 11.4. The molecule has 1 atom stereocenters. The molecule has 0 saturated carbocycles. The molecule has 0 heterocycles. The summed E-state index contributed by atoms with van der Waals surface area (Å²) in [6, 6.07) is 9.44. The molecule has 5 heteroatoms. The van der Waals surface area contributed by atoms with E-state index in [1.165, 1.54) is 0 Å². The van der Waals surface area contributed by atoms with Crippen LogP contribution in [0.5, 0.6) is 0 Å². The van der Waals surface area contributed by atoms with Crippen molar-refractivity contribution in [2.45, 2.75) is 6.04 Å². The number of benzene rings is 1. The number of carbonyl (C=O) groups excluding carboxylic acids is 1. The number of nitrogens with two attached hydrogens (primary N) is 1. The summed E-state index contributed by atoms with van der Waals surface area (Å²) in [5, 5.41) is 2.73. The molecule has 18 heavy (non-hydrogen) atoms. The molecule has 0 bridgehead atoms. The summed E-state index contributed by atoms with van der Waals surface area (Å²) in [4.78, 5) is 11.4. The van der Waals surface area contributed by atoms with Gasteiger partial charge in [0.1, 0.15) is 6.61 Å². The molecule has 1 aromatic rings. The van der Waals surface area contributed by atoms with Gasteiger partial charge in [-0.1, -0.05) is 30.3 Å². The molecule has 0 aliphatic carbocycles. The zero-order valence-corrected chi connectivity index (χ0v) is 10.6. The van der Waals surface area contributed by atoms with Gasteiger partial charge in [0, 0.05) is 19.7 Å². The van der Waals surface area contributed by atoms with Gasteiger partial charge in [0.2, 0.25) is 5.91 Å². The first-order chi connectivity index (χ1) is 8.74. The molecular formula is C13H20N2O3. The first kappa shape index (κ1) is 14.6. The summed E-state index contributed by atoms with van der Waals surface area (Å²) in [7, 11) is 1.59. The first-order valence-electron chi connectivity index (χ1n) is 5.88. The van der Waals surface area contributed by atoms with E-state index in [2.05, 4.69) is 5.32 Å². The van der Waals surface area contributed by atoms with Crippen molar-refractivity contribution in [3.63, 3.8) is 0 Å².